The van der Waals surface area contributed by atoms with Gasteiger partial charge in [0.25, 0.3) is 0 Å². The van der Waals surface area contributed by atoms with Crippen LogP contribution in [0.3, 0.4) is 0 Å². The molecule has 0 N–H and O–H groups in total. The summed E-state index contributed by atoms with van der Waals surface area (Å²) in [6.07, 6.45) is 0. The molecule has 0 atom stereocenters. The van der Waals surface area contributed by atoms with Crippen molar-refractivity contribution < 1.29 is 0 Å². The van der Waals surface area contributed by atoms with Crippen LogP contribution in [0.1, 0.15) is 122 Å². The molecule has 400 valence electrons. The Labute approximate surface area is 484 Å². The summed E-state index contributed by atoms with van der Waals surface area (Å²) >= 11 is 0. The molecule has 4 nitrogen and oxygen atoms in total. The maximum absolute atomic E-state index is 2.63. The molecule has 10 aromatic carbocycles. The molecular formula is C78H68N4. The summed E-state index contributed by atoms with van der Waals surface area (Å²) in [6.45, 7) is 28.4. The molecule has 0 saturated carbocycles. The Bertz CT molecular complexity index is 3970. The van der Waals surface area contributed by atoms with Crippen molar-refractivity contribution >= 4 is 45.5 Å². The molecule has 0 radical (unpaired) electrons. The van der Waals surface area contributed by atoms with E-state index in [2.05, 4.69) is 297 Å². The lowest BCUT2D eigenvalue weighted by Crippen LogP contribution is -2.34. The van der Waals surface area contributed by atoms with Gasteiger partial charge in [-0.25, -0.2) is 0 Å². The van der Waals surface area contributed by atoms with E-state index in [0.717, 1.165) is 57.1 Å². The van der Waals surface area contributed by atoms with Crippen LogP contribution in [-0.2, 0) is 21.7 Å². The van der Waals surface area contributed by atoms with Gasteiger partial charge in [0.15, 0.2) is 11.6 Å². The maximum atomic E-state index is 2.63. The lowest BCUT2D eigenvalue weighted by atomic mass is 9.82. The number of benzene rings is 10. The Balaban J connectivity index is 1.05. The zero-order valence-corrected chi connectivity index (χ0v) is 49.3. The average Bonchev–Trinajstić information content (AvgIpc) is 1.86. The van der Waals surface area contributed by atoms with Gasteiger partial charge in [-0.15, -0.1) is 0 Å². The average molecular weight is 1060 g/mol. The Morgan fingerprint density at radius 3 is 0.634 bits per heavy atom. The van der Waals surface area contributed by atoms with E-state index in [0.29, 0.717) is 0 Å². The van der Waals surface area contributed by atoms with E-state index in [1.807, 2.05) is 0 Å². The molecule has 16 rings (SSSR count). The smallest absolute Gasteiger partial charge is 0.166 e. The molecule has 0 saturated heterocycles. The molecule has 82 heavy (non-hydrogen) atoms. The zero-order valence-electron chi connectivity index (χ0n) is 49.3. The number of hydrogen-bond donors (Lipinski definition) is 0. The number of hydrogen-bond acceptors (Lipinski definition) is 4. The minimum atomic E-state index is -0.221. The Kier molecular flexibility index (Phi) is 9.81. The van der Waals surface area contributed by atoms with Crippen LogP contribution in [0.5, 0.6) is 0 Å². The summed E-state index contributed by atoms with van der Waals surface area (Å²) in [6, 6.07) is 75.3. The van der Waals surface area contributed by atoms with E-state index < -0.39 is 0 Å². The van der Waals surface area contributed by atoms with Crippen LogP contribution in [0.15, 0.2) is 206 Å². The Hall–Kier alpha value is -8.86. The SMILES string of the molecule is Cc1cc2c(cc1C)N(c1ccc3c(c1)C(C)(C)c1ccccc1-3)C(=C1N(c3ccc4c(c3)C(C)(C)c3ccccc3-4)c3cc(C)c(C)cc3N1c1ccc3c(c1)C(C)(C)c1ccccc1-3)N2c1ccc2c(c1)C(C)(C)c1ccccc1-2. The molecule has 0 fully saturated rings. The quantitative estimate of drug-likeness (QED) is 0.174. The van der Waals surface area contributed by atoms with E-state index in [9.17, 15) is 0 Å². The number of aryl methyl sites for hydroxylation is 4. The summed E-state index contributed by atoms with van der Waals surface area (Å²) in [5.41, 5.74) is 34.6. The van der Waals surface area contributed by atoms with E-state index in [4.69, 9.17) is 0 Å². The van der Waals surface area contributed by atoms with Crippen molar-refractivity contribution in [2.45, 2.75) is 105 Å². The van der Waals surface area contributed by atoms with Crippen LogP contribution in [0.4, 0.5) is 45.5 Å². The van der Waals surface area contributed by atoms with Gasteiger partial charge in [0.1, 0.15) is 0 Å². The molecule has 4 heteroatoms. The van der Waals surface area contributed by atoms with Gasteiger partial charge in [-0.1, -0.05) is 177 Å². The number of nitrogens with zero attached hydrogens (tertiary/aromatic N) is 4. The molecule has 0 spiro atoms. The van der Waals surface area contributed by atoms with Crippen LogP contribution in [0, 0.1) is 27.7 Å². The molecule has 4 aliphatic carbocycles. The van der Waals surface area contributed by atoms with Gasteiger partial charge in [-0.2, -0.15) is 0 Å². The summed E-state index contributed by atoms with van der Waals surface area (Å²) < 4.78 is 0. The number of anilines is 8. The topological polar surface area (TPSA) is 13.0 Å². The molecule has 0 bridgehead atoms. The van der Waals surface area contributed by atoms with Gasteiger partial charge in [0, 0.05) is 44.4 Å². The summed E-state index contributed by atoms with van der Waals surface area (Å²) in [5, 5.41) is 0. The van der Waals surface area contributed by atoms with Crippen LogP contribution in [0.25, 0.3) is 44.5 Å². The standard InChI is InChI=1S/C78H68N4/c1-45-37-69-70(38-46(45)2)80(50-30-34-58-54-22-14-18-26-62(54)76(7,8)66(58)42-50)73(79(69)49-29-33-57-53-21-13-17-25-61(53)75(5,6)65(57)41-49)74-81(51-31-35-59-55-23-15-19-27-63(55)77(9,10)67(59)43-51)71-39-47(3)48(4)40-72(71)82(74)52-32-36-60-56-24-16-20-28-64(56)78(11,12)68(60)44-52/h13-44H,1-12H3. The zero-order chi connectivity index (χ0) is 56.3. The van der Waals surface area contributed by atoms with Crippen LogP contribution >= 0.6 is 0 Å². The Morgan fingerprint density at radius 1 is 0.220 bits per heavy atom. The second-order valence-corrected chi connectivity index (χ2v) is 26.4. The molecular weight excluding hydrogens is 993 g/mol. The van der Waals surface area contributed by atoms with Gasteiger partial charge in [-0.3, -0.25) is 19.6 Å². The maximum Gasteiger partial charge on any atom is 0.166 e. The predicted octanol–water partition coefficient (Wildman–Crippen LogP) is 20.6. The van der Waals surface area contributed by atoms with Crippen molar-refractivity contribution in [2.24, 2.45) is 0 Å². The predicted molar refractivity (Wildman–Crippen MR) is 343 cm³/mol. The summed E-state index contributed by atoms with van der Waals surface area (Å²) in [4.78, 5) is 10.5. The largest absolute Gasteiger partial charge is 0.291 e. The van der Waals surface area contributed by atoms with E-state index >= 15 is 0 Å². The highest BCUT2D eigenvalue weighted by atomic mass is 15.5. The summed E-state index contributed by atoms with van der Waals surface area (Å²) in [7, 11) is 0. The second kappa shape index (κ2) is 16.4. The second-order valence-electron chi connectivity index (χ2n) is 26.4. The van der Waals surface area contributed by atoms with Gasteiger partial charge in [0.2, 0.25) is 0 Å². The fourth-order valence-corrected chi connectivity index (χ4v) is 15.7. The first-order valence-electron chi connectivity index (χ1n) is 29.5. The normalized spacial score (nSPS) is 17.0. The molecule has 0 aromatic heterocycles. The first kappa shape index (κ1) is 49.0. The summed E-state index contributed by atoms with van der Waals surface area (Å²) in [5.74, 6) is 2.14. The van der Waals surface area contributed by atoms with Crippen molar-refractivity contribution in [1.82, 2.24) is 0 Å². The van der Waals surface area contributed by atoms with Gasteiger partial charge in [0.05, 0.1) is 22.7 Å². The highest BCUT2D eigenvalue weighted by Gasteiger charge is 2.48. The van der Waals surface area contributed by atoms with Crippen LogP contribution < -0.4 is 19.6 Å². The lowest BCUT2D eigenvalue weighted by Gasteiger charge is -2.35. The highest BCUT2D eigenvalue weighted by Crippen LogP contribution is 2.62. The van der Waals surface area contributed by atoms with Crippen molar-refractivity contribution in [3.05, 3.63) is 273 Å². The minimum absolute atomic E-state index is 0.221. The van der Waals surface area contributed by atoms with Crippen molar-refractivity contribution in [1.29, 1.82) is 0 Å². The van der Waals surface area contributed by atoms with Gasteiger partial charge >= 0.3 is 0 Å². The third-order valence-corrected chi connectivity index (χ3v) is 20.5. The van der Waals surface area contributed by atoms with Crippen molar-refractivity contribution in [2.75, 3.05) is 19.6 Å². The highest BCUT2D eigenvalue weighted by molar-refractivity contribution is 6.03. The number of rotatable bonds is 4. The number of fused-ring (bicyclic) bond motifs is 14. The third-order valence-electron chi connectivity index (χ3n) is 20.5. The van der Waals surface area contributed by atoms with E-state index in [-0.39, 0.29) is 21.7 Å². The lowest BCUT2D eigenvalue weighted by molar-refractivity contribution is 0.660. The molecule has 0 amide bonds. The third kappa shape index (κ3) is 6.33. The minimum Gasteiger partial charge on any atom is -0.291 e. The van der Waals surface area contributed by atoms with Crippen molar-refractivity contribution in [3.8, 4) is 44.5 Å². The van der Waals surface area contributed by atoms with Crippen molar-refractivity contribution in [3.63, 3.8) is 0 Å². The molecule has 0 unspecified atom stereocenters. The van der Waals surface area contributed by atoms with Gasteiger partial charge < -0.3 is 0 Å². The molecule has 2 heterocycles. The first-order chi connectivity index (χ1) is 39.3. The van der Waals surface area contributed by atoms with Crippen LogP contribution in [-0.4, -0.2) is 0 Å². The van der Waals surface area contributed by atoms with E-state index in [1.165, 1.54) is 111 Å². The van der Waals surface area contributed by atoms with Gasteiger partial charge in [-0.05, 0) is 212 Å². The van der Waals surface area contributed by atoms with Crippen LogP contribution in [0.2, 0.25) is 0 Å². The molecule has 10 aromatic rings. The van der Waals surface area contributed by atoms with E-state index in [1.54, 1.807) is 0 Å². The fourth-order valence-electron chi connectivity index (χ4n) is 15.7. The Morgan fingerprint density at radius 2 is 0.415 bits per heavy atom. The molecule has 6 aliphatic rings. The fraction of sp³-hybridized carbons (Fsp3) is 0.205. The molecule has 2 aliphatic heterocycles. The first-order valence-corrected chi connectivity index (χ1v) is 29.5. The monoisotopic (exact) mass is 1060 g/mol.